The van der Waals surface area contributed by atoms with E-state index in [4.69, 9.17) is 0 Å². The average Bonchev–Trinajstić information content (AvgIpc) is 2.40. The van der Waals surface area contributed by atoms with Gasteiger partial charge in [0.15, 0.2) is 0 Å². The van der Waals surface area contributed by atoms with Crippen molar-refractivity contribution in [3.05, 3.63) is 0 Å². The molecule has 0 atom stereocenters. The van der Waals surface area contributed by atoms with Crippen LogP contribution in [0.4, 0.5) is 0 Å². The second-order valence-corrected chi connectivity index (χ2v) is 4.41. The van der Waals surface area contributed by atoms with Crippen molar-refractivity contribution >= 4 is 5.78 Å². The van der Waals surface area contributed by atoms with Crippen LogP contribution in [0, 0.1) is 0 Å². The highest BCUT2D eigenvalue weighted by molar-refractivity contribution is 5.75. The zero-order valence-corrected chi connectivity index (χ0v) is 9.43. The molecule has 1 saturated heterocycles. The van der Waals surface area contributed by atoms with E-state index in [1.54, 1.807) is 6.92 Å². The molecule has 1 heterocycles. The van der Waals surface area contributed by atoms with Crippen LogP contribution in [0.5, 0.6) is 0 Å². The van der Waals surface area contributed by atoms with Crippen LogP contribution in [-0.2, 0) is 4.79 Å². The molecule has 0 N–H and O–H groups in total. The number of nitrogens with zero attached hydrogens (tertiary/aromatic N) is 1. The van der Waals surface area contributed by atoms with Gasteiger partial charge in [0.1, 0.15) is 5.78 Å². The zero-order chi connectivity index (χ0) is 10.2. The van der Waals surface area contributed by atoms with E-state index in [-0.39, 0.29) is 0 Å². The van der Waals surface area contributed by atoms with Crippen LogP contribution in [0.25, 0.3) is 0 Å². The summed E-state index contributed by atoms with van der Waals surface area (Å²) in [5.74, 6) is 0.334. The molecule has 1 fully saturated rings. The van der Waals surface area contributed by atoms with Gasteiger partial charge in [-0.25, -0.2) is 0 Å². The van der Waals surface area contributed by atoms with Gasteiger partial charge in [-0.1, -0.05) is 12.8 Å². The lowest BCUT2D eigenvalue weighted by molar-refractivity contribution is -0.117. The molecule has 1 aliphatic rings. The quantitative estimate of drug-likeness (QED) is 0.631. The lowest BCUT2D eigenvalue weighted by Crippen LogP contribution is -2.25. The Morgan fingerprint density at radius 2 is 1.71 bits per heavy atom. The summed E-state index contributed by atoms with van der Waals surface area (Å²) < 4.78 is 0. The van der Waals surface area contributed by atoms with Gasteiger partial charge >= 0.3 is 0 Å². The Labute approximate surface area is 87.7 Å². The van der Waals surface area contributed by atoms with Crippen molar-refractivity contribution < 1.29 is 4.79 Å². The molecule has 0 radical (unpaired) electrons. The highest BCUT2D eigenvalue weighted by Gasteiger charge is 2.07. The first kappa shape index (κ1) is 11.7. The topological polar surface area (TPSA) is 20.3 Å². The van der Waals surface area contributed by atoms with Crippen molar-refractivity contribution in [1.29, 1.82) is 0 Å². The van der Waals surface area contributed by atoms with Crippen LogP contribution in [0.1, 0.15) is 51.9 Å². The minimum Gasteiger partial charge on any atom is -0.303 e. The monoisotopic (exact) mass is 197 g/mol. The van der Waals surface area contributed by atoms with Crippen molar-refractivity contribution in [2.45, 2.75) is 51.9 Å². The van der Waals surface area contributed by atoms with Crippen LogP contribution in [-0.4, -0.2) is 30.3 Å². The minimum atomic E-state index is 0.334. The van der Waals surface area contributed by atoms with Crippen molar-refractivity contribution in [1.82, 2.24) is 4.90 Å². The maximum atomic E-state index is 10.7. The molecular formula is C12H23NO. The fraction of sp³-hybridized carbons (Fsp3) is 0.917. The Balaban J connectivity index is 2.01. The SMILES string of the molecule is CC(=O)CCCCN1CCCCCC1. The van der Waals surface area contributed by atoms with E-state index in [9.17, 15) is 4.79 Å². The number of ketones is 1. The van der Waals surface area contributed by atoms with Crippen molar-refractivity contribution in [3.63, 3.8) is 0 Å². The molecule has 0 bridgehead atoms. The third-order valence-electron chi connectivity index (χ3n) is 2.95. The standard InChI is InChI=1S/C12H23NO/c1-12(14)8-4-7-11-13-9-5-2-3-6-10-13/h2-11H2,1H3. The molecular weight excluding hydrogens is 174 g/mol. The zero-order valence-electron chi connectivity index (χ0n) is 9.43. The van der Waals surface area contributed by atoms with Crippen LogP contribution in [0.2, 0.25) is 0 Å². The molecule has 0 amide bonds. The van der Waals surface area contributed by atoms with Gasteiger partial charge in [-0.15, -0.1) is 0 Å². The summed E-state index contributed by atoms with van der Waals surface area (Å²) in [6.07, 6.45) is 8.59. The normalized spacial score (nSPS) is 19.2. The molecule has 14 heavy (non-hydrogen) atoms. The lowest BCUT2D eigenvalue weighted by atomic mass is 10.2. The fourth-order valence-corrected chi connectivity index (χ4v) is 2.07. The molecule has 0 aromatic heterocycles. The molecule has 0 unspecified atom stereocenters. The van der Waals surface area contributed by atoms with Gasteiger partial charge in [0.2, 0.25) is 0 Å². The largest absolute Gasteiger partial charge is 0.303 e. The summed E-state index contributed by atoms with van der Waals surface area (Å²) >= 11 is 0. The van der Waals surface area contributed by atoms with E-state index in [2.05, 4.69) is 4.90 Å². The molecule has 0 spiro atoms. The van der Waals surface area contributed by atoms with Gasteiger partial charge in [0.05, 0.1) is 0 Å². The van der Waals surface area contributed by atoms with Crippen molar-refractivity contribution in [2.24, 2.45) is 0 Å². The predicted molar refractivity (Wildman–Crippen MR) is 59.4 cm³/mol. The number of likely N-dealkylation sites (tertiary alicyclic amines) is 1. The number of hydrogen-bond acceptors (Lipinski definition) is 2. The fourth-order valence-electron chi connectivity index (χ4n) is 2.07. The first-order chi connectivity index (χ1) is 6.79. The van der Waals surface area contributed by atoms with E-state index >= 15 is 0 Å². The van der Waals surface area contributed by atoms with Crippen LogP contribution >= 0.6 is 0 Å². The minimum absolute atomic E-state index is 0.334. The van der Waals surface area contributed by atoms with Crippen LogP contribution in [0.15, 0.2) is 0 Å². The third-order valence-corrected chi connectivity index (χ3v) is 2.95. The second kappa shape index (κ2) is 6.99. The Morgan fingerprint density at radius 1 is 1.07 bits per heavy atom. The number of rotatable bonds is 5. The number of unbranched alkanes of at least 4 members (excludes halogenated alkanes) is 1. The van der Waals surface area contributed by atoms with Gasteiger partial charge in [0, 0.05) is 6.42 Å². The van der Waals surface area contributed by atoms with E-state index < -0.39 is 0 Å². The van der Waals surface area contributed by atoms with E-state index in [0.717, 1.165) is 12.8 Å². The first-order valence-corrected chi connectivity index (χ1v) is 6.01. The van der Waals surface area contributed by atoms with Gasteiger partial charge in [-0.05, 0) is 52.2 Å². The molecule has 0 saturated carbocycles. The maximum absolute atomic E-state index is 10.7. The molecule has 0 aromatic carbocycles. The highest BCUT2D eigenvalue weighted by Crippen LogP contribution is 2.10. The molecule has 2 heteroatoms. The Hall–Kier alpha value is -0.370. The smallest absolute Gasteiger partial charge is 0.129 e. The number of Topliss-reactive ketones (excluding diaryl/α,β-unsaturated/α-hetero) is 1. The second-order valence-electron chi connectivity index (χ2n) is 4.41. The Morgan fingerprint density at radius 3 is 2.29 bits per heavy atom. The van der Waals surface area contributed by atoms with Gasteiger partial charge < -0.3 is 9.69 Å². The van der Waals surface area contributed by atoms with E-state index in [1.165, 1.54) is 51.7 Å². The summed E-state index contributed by atoms with van der Waals surface area (Å²) in [4.78, 5) is 13.3. The van der Waals surface area contributed by atoms with Crippen LogP contribution < -0.4 is 0 Å². The summed E-state index contributed by atoms with van der Waals surface area (Å²) in [5, 5.41) is 0. The Bertz CT molecular complexity index is 160. The predicted octanol–water partition coefficient (Wildman–Crippen LogP) is 2.62. The van der Waals surface area contributed by atoms with E-state index in [0.29, 0.717) is 5.78 Å². The molecule has 0 aromatic rings. The van der Waals surface area contributed by atoms with Crippen LogP contribution in [0.3, 0.4) is 0 Å². The van der Waals surface area contributed by atoms with E-state index in [1.807, 2.05) is 0 Å². The number of carbonyl (C=O) groups excluding carboxylic acids is 1. The average molecular weight is 197 g/mol. The summed E-state index contributed by atoms with van der Waals surface area (Å²) in [5.41, 5.74) is 0. The molecule has 82 valence electrons. The van der Waals surface area contributed by atoms with Gasteiger partial charge in [-0.3, -0.25) is 0 Å². The van der Waals surface area contributed by atoms with Gasteiger partial charge in [-0.2, -0.15) is 0 Å². The molecule has 2 nitrogen and oxygen atoms in total. The molecule has 0 aliphatic carbocycles. The molecule has 1 aliphatic heterocycles. The first-order valence-electron chi connectivity index (χ1n) is 6.01. The number of carbonyl (C=O) groups is 1. The highest BCUT2D eigenvalue weighted by atomic mass is 16.1. The summed E-state index contributed by atoms with van der Waals surface area (Å²) in [7, 11) is 0. The Kier molecular flexibility index (Phi) is 5.85. The molecule has 1 rings (SSSR count). The maximum Gasteiger partial charge on any atom is 0.129 e. The van der Waals surface area contributed by atoms with Crippen molar-refractivity contribution in [2.75, 3.05) is 19.6 Å². The summed E-state index contributed by atoms with van der Waals surface area (Å²) in [6.45, 7) is 5.44. The van der Waals surface area contributed by atoms with Crippen molar-refractivity contribution in [3.8, 4) is 0 Å². The third kappa shape index (κ3) is 5.38. The lowest BCUT2D eigenvalue weighted by Gasteiger charge is -2.19. The summed E-state index contributed by atoms with van der Waals surface area (Å²) in [6, 6.07) is 0. The van der Waals surface area contributed by atoms with Gasteiger partial charge in [0.25, 0.3) is 0 Å². The number of hydrogen-bond donors (Lipinski definition) is 0.